The molecule has 0 aromatic heterocycles. The predicted octanol–water partition coefficient (Wildman–Crippen LogP) is 0.246. The first-order valence-electron chi connectivity index (χ1n) is 7.06. The Hall–Kier alpha value is -0.940. The standard InChI is InChI=1S/C15H24N2O2/c18-11-15(12-19)16-14-7-9-17(10-14)8-6-13-4-2-1-3-5-13/h1-5,14-16,18-19H,6-12H2. The van der Waals surface area contributed by atoms with Crippen LogP contribution in [0.2, 0.25) is 0 Å². The second kappa shape index (κ2) is 7.60. The molecular formula is C15H24N2O2. The molecule has 1 heterocycles. The maximum Gasteiger partial charge on any atom is 0.0607 e. The van der Waals surface area contributed by atoms with Crippen LogP contribution in [0, 0.1) is 0 Å². The highest BCUT2D eigenvalue weighted by Crippen LogP contribution is 2.11. The molecule has 19 heavy (non-hydrogen) atoms. The van der Waals surface area contributed by atoms with E-state index >= 15 is 0 Å². The molecular weight excluding hydrogens is 240 g/mol. The number of nitrogens with zero attached hydrogens (tertiary/aromatic N) is 1. The molecule has 0 amide bonds. The molecule has 1 aromatic rings. The van der Waals surface area contributed by atoms with Crippen LogP contribution in [0.1, 0.15) is 12.0 Å². The van der Waals surface area contributed by atoms with Crippen molar-refractivity contribution in [2.45, 2.75) is 24.9 Å². The molecule has 1 unspecified atom stereocenters. The zero-order valence-electron chi connectivity index (χ0n) is 11.3. The zero-order valence-corrected chi connectivity index (χ0v) is 11.3. The topological polar surface area (TPSA) is 55.7 Å². The highest BCUT2D eigenvalue weighted by molar-refractivity contribution is 5.14. The number of nitrogens with one attached hydrogen (secondary N) is 1. The Morgan fingerprint density at radius 3 is 2.63 bits per heavy atom. The van der Waals surface area contributed by atoms with E-state index in [1.807, 2.05) is 6.07 Å². The van der Waals surface area contributed by atoms with Gasteiger partial charge in [-0.15, -0.1) is 0 Å². The van der Waals surface area contributed by atoms with Crippen molar-refractivity contribution >= 4 is 0 Å². The Balaban J connectivity index is 1.70. The van der Waals surface area contributed by atoms with Gasteiger partial charge in [0.25, 0.3) is 0 Å². The fourth-order valence-corrected chi connectivity index (χ4v) is 2.60. The van der Waals surface area contributed by atoms with Crippen LogP contribution in [-0.2, 0) is 6.42 Å². The Labute approximate surface area is 115 Å². The van der Waals surface area contributed by atoms with Gasteiger partial charge in [0.2, 0.25) is 0 Å². The van der Waals surface area contributed by atoms with Crippen LogP contribution < -0.4 is 5.32 Å². The number of aliphatic hydroxyl groups excluding tert-OH is 2. The average Bonchev–Trinajstić information content (AvgIpc) is 2.91. The summed E-state index contributed by atoms with van der Waals surface area (Å²) >= 11 is 0. The van der Waals surface area contributed by atoms with Gasteiger partial charge in [-0.1, -0.05) is 30.3 Å². The summed E-state index contributed by atoms with van der Waals surface area (Å²) < 4.78 is 0. The third-order valence-electron chi connectivity index (χ3n) is 3.74. The van der Waals surface area contributed by atoms with Crippen molar-refractivity contribution in [2.75, 3.05) is 32.8 Å². The number of benzene rings is 1. The van der Waals surface area contributed by atoms with Gasteiger partial charge in [-0.2, -0.15) is 0 Å². The van der Waals surface area contributed by atoms with Gasteiger partial charge in [0.05, 0.1) is 19.3 Å². The van der Waals surface area contributed by atoms with Crippen molar-refractivity contribution < 1.29 is 10.2 Å². The van der Waals surface area contributed by atoms with Crippen LogP contribution in [0.3, 0.4) is 0 Å². The molecule has 0 aliphatic carbocycles. The molecule has 0 saturated carbocycles. The Morgan fingerprint density at radius 2 is 1.95 bits per heavy atom. The van der Waals surface area contributed by atoms with E-state index in [0.717, 1.165) is 32.5 Å². The lowest BCUT2D eigenvalue weighted by Gasteiger charge is -2.20. The Bertz CT molecular complexity index is 354. The summed E-state index contributed by atoms with van der Waals surface area (Å²) in [6.07, 6.45) is 2.17. The van der Waals surface area contributed by atoms with Crippen molar-refractivity contribution in [2.24, 2.45) is 0 Å². The Kier molecular flexibility index (Phi) is 5.79. The molecule has 0 bridgehead atoms. The summed E-state index contributed by atoms with van der Waals surface area (Å²) in [6.45, 7) is 3.16. The lowest BCUT2D eigenvalue weighted by Crippen LogP contribution is -2.44. The van der Waals surface area contributed by atoms with Crippen molar-refractivity contribution in [3.05, 3.63) is 35.9 Å². The SMILES string of the molecule is OCC(CO)NC1CCN(CCc2ccccc2)C1. The van der Waals surface area contributed by atoms with Crippen LogP contribution in [0.15, 0.2) is 30.3 Å². The van der Waals surface area contributed by atoms with Gasteiger partial charge in [0.15, 0.2) is 0 Å². The summed E-state index contributed by atoms with van der Waals surface area (Å²) in [5, 5.41) is 21.4. The van der Waals surface area contributed by atoms with Gasteiger partial charge < -0.3 is 20.4 Å². The summed E-state index contributed by atoms with van der Waals surface area (Å²) in [5.41, 5.74) is 1.38. The number of likely N-dealkylation sites (tertiary alicyclic amines) is 1. The minimum Gasteiger partial charge on any atom is -0.395 e. The maximum atomic E-state index is 9.07. The molecule has 2 rings (SSSR count). The Morgan fingerprint density at radius 1 is 1.21 bits per heavy atom. The quantitative estimate of drug-likeness (QED) is 0.661. The lowest BCUT2D eigenvalue weighted by molar-refractivity contribution is 0.161. The molecule has 4 heteroatoms. The largest absolute Gasteiger partial charge is 0.395 e. The van der Waals surface area contributed by atoms with Gasteiger partial charge in [0.1, 0.15) is 0 Å². The number of hydrogen-bond acceptors (Lipinski definition) is 4. The van der Waals surface area contributed by atoms with Crippen LogP contribution in [0.5, 0.6) is 0 Å². The summed E-state index contributed by atoms with van der Waals surface area (Å²) in [7, 11) is 0. The van der Waals surface area contributed by atoms with E-state index in [9.17, 15) is 0 Å². The van der Waals surface area contributed by atoms with Crippen LogP contribution in [0.25, 0.3) is 0 Å². The number of rotatable bonds is 7. The van der Waals surface area contributed by atoms with Crippen LogP contribution in [-0.4, -0.2) is 60.0 Å². The van der Waals surface area contributed by atoms with E-state index in [1.165, 1.54) is 5.56 Å². The molecule has 0 radical (unpaired) electrons. The highest BCUT2D eigenvalue weighted by Gasteiger charge is 2.23. The smallest absolute Gasteiger partial charge is 0.0607 e. The molecule has 1 aliphatic heterocycles. The first kappa shape index (κ1) is 14.5. The number of aliphatic hydroxyl groups is 2. The minimum atomic E-state index is -0.181. The highest BCUT2D eigenvalue weighted by atomic mass is 16.3. The minimum absolute atomic E-state index is 0.00296. The molecule has 4 nitrogen and oxygen atoms in total. The molecule has 1 atom stereocenters. The normalized spacial score (nSPS) is 20.3. The fourth-order valence-electron chi connectivity index (χ4n) is 2.60. The van der Waals surface area contributed by atoms with E-state index < -0.39 is 0 Å². The molecule has 1 aliphatic rings. The zero-order chi connectivity index (χ0) is 13.5. The third-order valence-corrected chi connectivity index (χ3v) is 3.74. The van der Waals surface area contributed by atoms with Crippen LogP contribution >= 0.6 is 0 Å². The average molecular weight is 264 g/mol. The fraction of sp³-hybridized carbons (Fsp3) is 0.600. The van der Waals surface area contributed by atoms with Crippen molar-refractivity contribution in [1.29, 1.82) is 0 Å². The third kappa shape index (κ3) is 4.58. The monoisotopic (exact) mass is 264 g/mol. The van der Waals surface area contributed by atoms with Crippen molar-refractivity contribution in [1.82, 2.24) is 10.2 Å². The maximum absolute atomic E-state index is 9.07. The molecule has 3 N–H and O–H groups in total. The van der Waals surface area contributed by atoms with Gasteiger partial charge >= 0.3 is 0 Å². The van der Waals surface area contributed by atoms with Gasteiger partial charge in [-0.25, -0.2) is 0 Å². The molecule has 1 saturated heterocycles. The predicted molar refractivity (Wildman–Crippen MR) is 76.1 cm³/mol. The second-order valence-electron chi connectivity index (χ2n) is 5.25. The van der Waals surface area contributed by atoms with E-state index in [4.69, 9.17) is 10.2 Å². The van der Waals surface area contributed by atoms with E-state index in [-0.39, 0.29) is 19.3 Å². The van der Waals surface area contributed by atoms with E-state index in [0.29, 0.717) is 6.04 Å². The molecule has 1 fully saturated rings. The first-order valence-corrected chi connectivity index (χ1v) is 7.06. The van der Waals surface area contributed by atoms with Crippen LogP contribution in [0.4, 0.5) is 0 Å². The van der Waals surface area contributed by atoms with E-state index in [2.05, 4.69) is 34.5 Å². The summed E-state index contributed by atoms with van der Waals surface area (Å²) in [6, 6.07) is 10.7. The van der Waals surface area contributed by atoms with E-state index in [1.54, 1.807) is 0 Å². The molecule has 0 spiro atoms. The summed E-state index contributed by atoms with van der Waals surface area (Å²) in [4.78, 5) is 2.44. The second-order valence-corrected chi connectivity index (χ2v) is 5.25. The number of hydrogen-bond donors (Lipinski definition) is 3. The van der Waals surface area contributed by atoms with Crippen molar-refractivity contribution in [3.63, 3.8) is 0 Å². The summed E-state index contributed by atoms with van der Waals surface area (Å²) in [5.74, 6) is 0. The van der Waals surface area contributed by atoms with Gasteiger partial charge in [0, 0.05) is 19.1 Å². The van der Waals surface area contributed by atoms with Gasteiger partial charge in [-0.3, -0.25) is 0 Å². The lowest BCUT2D eigenvalue weighted by atomic mass is 10.1. The van der Waals surface area contributed by atoms with Gasteiger partial charge in [-0.05, 0) is 24.9 Å². The van der Waals surface area contributed by atoms with Crippen molar-refractivity contribution in [3.8, 4) is 0 Å². The first-order chi connectivity index (χ1) is 9.31. The molecule has 1 aromatic carbocycles. The molecule has 106 valence electrons.